The number of aromatic nitrogens is 3. The molecule has 0 unspecified atom stereocenters. The van der Waals surface area contributed by atoms with Crippen molar-refractivity contribution >= 4 is 11.6 Å². The molecule has 25 heavy (non-hydrogen) atoms. The summed E-state index contributed by atoms with van der Waals surface area (Å²) in [5.41, 5.74) is 2.87. The fourth-order valence-corrected chi connectivity index (χ4v) is 2.56. The first-order valence-electron chi connectivity index (χ1n) is 8.80. The highest BCUT2D eigenvalue weighted by molar-refractivity contribution is 5.97. The van der Waals surface area contributed by atoms with Gasteiger partial charge in [0.05, 0.1) is 0 Å². The van der Waals surface area contributed by atoms with Crippen LogP contribution >= 0.6 is 0 Å². The van der Waals surface area contributed by atoms with Crippen LogP contribution in [0.25, 0.3) is 0 Å². The van der Waals surface area contributed by atoms with Crippen molar-refractivity contribution in [2.75, 3.05) is 18.4 Å². The number of rotatable bonds is 7. The number of amides is 1. The average Bonchev–Trinajstić information content (AvgIpc) is 3.00. The number of hydrogen-bond acceptors (Lipinski definition) is 4. The zero-order valence-electron chi connectivity index (χ0n) is 15.9. The van der Waals surface area contributed by atoms with Crippen LogP contribution in [-0.2, 0) is 13.0 Å². The first kappa shape index (κ1) is 19.0. The molecule has 1 amide bonds. The van der Waals surface area contributed by atoms with Gasteiger partial charge in [0, 0.05) is 37.3 Å². The normalized spacial score (nSPS) is 11.4. The third kappa shape index (κ3) is 5.31. The first-order chi connectivity index (χ1) is 11.8. The highest BCUT2D eigenvalue weighted by Gasteiger charge is 2.14. The molecular weight excluding hydrogens is 314 g/mol. The lowest BCUT2D eigenvalue weighted by molar-refractivity contribution is 0.0951. The lowest BCUT2D eigenvalue weighted by Crippen LogP contribution is -2.28. The van der Waals surface area contributed by atoms with Crippen LogP contribution in [0.3, 0.4) is 0 Å². The van der Waals surface area contributed by atoms with Gasteiger partial charge in [-0.3, -0.25) is 4.79 Å². The van der Waals surface area contributed by atoms with Gasteiger partial charge in [0.15, 0.2) is 0 Å². The van der Waals surface area contributed by atoms with E-state index in [1.54, 1.807) is 6.33 Å². The predicted molar refractivity (Wildman–Crippen MR) is 101 cm³/mol. The van der Waals surface area contributed by atoms with Crippen LogP contribution in [0, 0.1) is 12.3 Å². The van der Waals surface area contributed by atoms with Crippen molar-refractivity contribution in [2.24, 2.45) is 5.41 Å². The van der Waals surface area contributed by atoms with E-state index in [1.807, 2.05) is 36.6 Å². The minimum absolute atomic E-state index is 0.0527. The smallest absolute Gasteiger partial charge is 0.251 e. The molecule has 0 spiro atoms. The van der Waals surface area contributed by atoms with Crippen LogP contribution in [0.4, 0.5) is 5.69 Å². The fourth-order valence-electron chi connectivity index (χ4n) is 2.56. The average molecular weight is 343 g/mol. The SMILES string of the molecule is CCc1nncn1CCNC(=O)c1cccc(NCC(C)(C)C)c1C. The van der Waals surface area contributed by atoms with Gasteiger partial charge >= 0.3 is 0 Å². The zero-order chi connectivity index (χ0) is 18.4. The Bertz CT molecular complexity index is 715. The maximum atomic E-state index is 12.5. The third-order valence-electron chi connectivity index (χ3n) is 4.04. The number of benzene rings is 1. The summed E-state index contributed by atoms with van der Waals surface area (Å²) in [6, 6.07) is 5.80. The highest BCUT2D eigenvalue weighted by Crippen LogP contribution is 2.21. The van der Waals surface area contributed by atoms with E-state index in [0.29, 0.717) is 18.7 Å². The number of carbonyl (C=O) groups is 1. The van der Waals surface area contributed by atoms with Gasteiger partial charge in [-0.15, -0.1) is 10.2 Å². The van der Waals surface area contributed by atoms with E-state index in [-0.39, 0.29) is 11.3 Å². The van der Waals surface area contributed by atoms with Crippen molar-refractivity contribution in [1.82, 2.24) is 20.1 Å². The summed E-state index contributed by atoms with van der Waals surface area (Å²) in [6.07, 6.45) is 2.53. The number of nitrogens with one attached hydrogen (secondary N) is 2. The maximum Gasteiger partial charge on any atom is 0.251 e. The topological polar surface area (TPSA) is 71.8 Å². The van der Waals surface area contributed by atoms with E-state index >= 15 is 0 Å². The zero-order valence-corrected chi connectivity index (χ0v) is 15.9. The van der Waals surface area contributed by atoms with E-state index in [1.165, 1.54) is 0 Å². The molecule has 6 nitrogen and oxygen atoms in total. The number of aryl methyl sites for hydroxylation is 1. The number of anilines is 1. The van der Waals surface area contributed by atoms with Crippen LogP contribution in [0.1, 0.15) is 49.4 Å². The van der Waals surface area contributed by atoms with E-state index in [0.717, 1.165) is 30.0 Å². The molecule has 0 atom stereocenters. The second kappa shape index (κ2) is 8.14. The largest absolute Gasteiger partial charge is 0.384 e. The van der Waals surface area contributed by atoms with Crippen LogP contribution in [0.2, 0.25) is 0 Å². The molecule has 0 saturated carbocycles. The van der Waals surface area contributed by atoms with E-state index < -0.39 is 0 Å². The molecular formula is C19H29N5O. The standard InChI is InChI=1S/C19H29N5O/c1-6-17-23-22-13-24(17)11-10-20-18(25)15-8-7-9-16(14(15)2)21-12-19(3,4)5/h7-9,13,21H,6,10-12H2,1-5H3,(H,20,25). The molecule has 0 saturated heterocycles. The van der Waals surface area contributed by atoms with Gasteiger partial charge in [0.25, 0.3) is 5.91 Å². The van der Waals surface area contributed by atoms with Gasteiger partial charge in [-0.2, -0.15) is 0 Å². The Morgan fingerprint density at radius 2 is 2.04 bits per heavy atom. The first-order valence-corrected chi connectivity index (χ1v) is 8.80. The molecule has 2 aromatic rings. The Morgan fingerprint density at radius 1 is 1.28 bits per heavy atom. The van der Waals surface area contributed by atoms with Crippen LogP contribution in [-0.4, -0.2) is 33.8 Å². The Kier molecular flexibility index (Phi) is 6.17. The van der Waals surface area contributed by atoms with Gasteiger partial charge in [-0.1, -0.05) is 33.8 Å². The Balaban J connectivity index is 1.97. The van der Waals surface area contributed by atoms with Gasteiger partial charge in [0.2, 0.25) is 0 Å². The molecule has 2 N–H and O–H groups in total. The second-order valence-electron chi connectivity index (χ2n) is 7.44. The number of carbonyl (C=O) groups excluding carboxylic acids is 1. The summed E-state index contributed by atoms with van der Waals surface area (Å²) >= 11 is 0. The minimum Gasteiger partial charge on any atom is -0.384 e. The molecule has 136 valence electrons. The van der Waals surface area contributed by atoms with Gasteiger partial charge in [-0.05, 0) is 30.0 Å². The van der Waals surface area contributed by atoms with Gasteiger partial charge in [0.1, 0.15) is 12.2 Å². The van der Waals surface area contributed by atoms with Crippen molar-refractivity contribution in [3.8, 4) is 0 Å². The molecule has 1 aromatic carbocycles. The summed E-state index contributed by atoms with van der Waals surface area (Å²) in [5, 5.41) is 14.4. The molecule has 0 radical (unpaired) electrons. The summed E-state index contributed by atoms with van der Waals surface area (Å²) < 4.78 is 1.97. The van der Waals surface area contributed by atoms with Crippen molar-refractivity contribution in [3.63, 3.8) is 0 Å². The quantitative estimate of drug-likeness (QED) is 0.810. The van der Waals surface area contributed by atoms with Crippen molar-refractivity contribution < 1.29 is 4.79 Å². The van der Waals surface area contributed by atoms with Gasteiger partial charge < -0.3 is 15.2 Å². The molecule has 6 heteroatoms. The highest BCUT2D eigenvalue weighted by atomic mass is 16.1. The molecule has 0 aliphatic rings. The fraction of sp³-hybridized carbons (Fsp3) is 0.526. The van der Waals surface area contributed by atoms with E-state index in [9.17, 15) is 4.79 Å². The molecule has 2 rings (SSSR count). The lowest BCUT2D eigenvalue weighted by atomic mass is 9.96. The van der Waals surface area contributed by atoms with Gasteiger partial charge in [-0.25, -0.2) is 0 Å². The summed E-state index contributed by atoms with van der Waals surface area (Å²) in [4.78, 5) is 12.5. The Labute approximate surface area is 150 Å². The van der Waals surface area contributed by atoms with Crippen LogP contribution in [0.15, 0.2) is 24.5 Å². The van der Waals surface area contributed by atoms with Crippen molar-refractivity contribution in [2.45, 2.75) is 47.6 Å². The second-order valence-corrected chi connectivity index (χ2v) is 7.44. The molecule has 0 aliphatic heterocycles. The predicted octanol–water partition coefficient (Wildman–Crippen LogP) is 3.04. The lowest BCUT2D eigenvalue weighted by Gasteiger charge is -2.21. The maximum absolute atomic E-state index is 12.5. The summed E-state index contributed by atoms with van der Waals surface area (Å²) in [7, 11) is 0. The molecule has 0 fully saturated rings. The molecule has 1 heterocycles. The molecule has 0 aliphatic carbocycles. The molecule has 1 aromatic heterocycles. The van der Waals surface area contributed by atoms with E-state index in [4.69, 9.17) is 0 Å². The number of nitrogens with zero attached hydrogens (tertiary/aromatic N) is 3. The van der Waals surface area contributed by atoms with Crippen LogP contribution < -0.4 is 10.6 Å². The Hall–Kier alpha value is -2.37. The van der Waals surface area contributed by atoms with Crippen LogP contribution in [0.5, 0.6) is 0 Å². The summed E-state index contributed by atoms with van der Waals surface area (Å²) in [6.45, 7) is 12.6. The third-order valence-corrected chi connectivity index (χ3v) is 4.04. The monoisotopic (exact) mass is 343 g/mol. The Morgan fingerprint density at radius 3 is 2.72 bits per heavy atom. The van der Waals surface area contributed by atoms with E-state index in [2.05, 4.69) is 41.6 Å². The van der Waals surface area contributed by atoms with Crippen molar-refractivity contribution in [1.29, 1.82) is 0 Å². The number of hydrogen-bond donors (Lipinski definition) is 2. The summed E-state index contributed by atoms with van der Waals surface area (Å²) in [5.74, 6) is 0.877. The van der Waals surface area contributed by atoms with Crippen molar-refractivity contribution in [3.05, 3.63) is 41.5 Å². The molecule has 0 bridgehead atoms. The minimum atomic E-state index is -0.0527.